The molecular weight excluding hydrogens is 310 g/mol. The first-order chi connectivity index (χ1) is 11.4. The molecule has 1 saturated heterocycles. The minimum atomic E-state index is -0.827. The van der Waals surface area contributed by atoms with Crippen molar-refractivity contribution in [3.05, 3.63) is 35.9 Å². The molecule has 1 N–H and O–H groups in total. The molecule has 0 saturated carbocycles. The van der Waals surface area contributed by atoms with E-state index in [9.17, 15) is 14.4 Å². The van der Waals surface area contributed by atoms with Crippen molar-refractivity contribution in [2.75, 3.05) is 13.1 Å². The second-order valence-corrected chi connectivity index (χ2v) is 6.54. The minimum absolute atomic E-state index is 0.0507. The van der Waals surface area contributed by atoms with Crippen LogP contribution in [0.4, 0.5) is 0 Å². The predicted octanol–water partition coefficient (Wildman–Crippen LogP) is 1.62. The van der Waals surface area contributed by atoms with Crippen molar-refractivity contribution in [3.8, 4) is 0 Å². The van der Waals surface area contributed by atoms with Crippen molar-refractivity contribution in [1.29, 1.82) is 0 Å². The van der Waals surface area contributed by atoms with Gasteiger partial charge in [-0.3, -0.25) is 14.4 Å². The lowest BCUT2D eigenvalue weighted by Gasteiger charge is -2.26. The molecule has 0 amide bonds. The van der Waals surface area contributed by atoms with Crippen molar-refractivity contribution in [2.45, 2.75) is 38.7 Å². The highest BCUT2D eigenvalue weighted by Crippen LogP contribution is 2.28. The van der Waals surface area contributed by atoms with Crippen LogP contribution in [0.1, 0.15) is 32.3 Å². The lowest BCUT2D eigenvalue weighted by molar-refractivity contribution is -0.160. The van der Waals surface area contributed by atoms with Crippen molar-refractivity contribution >= 4 is 17.9 Å². The van der Waals surface area contributed by atoms with Gasteiger partial charge >= 0.3 is 17.9 Å². The summed E-state index contributed by atoms with van der Waals surface area (Å²) in [5.74, 6) is -1.98. The first kappa shape index (κ1) is 18.1. The molecule has 1 unspecified atom stereocenters. The van der Waals surface area contributed by atoms with Crippen LogP contribution >= 0.6 is 0 Å². The smallest absolute Gasteiger partial charge is 0.320 e. The molecule has 1 heterocycles. The quantitative estimate of drug-likeness (QED) is 0.442. The topological polar surface area (TPSA) is 81.7 Å². The van der Waals surface area contributed by atoms with Gasteiger partial charge in [-0.25, -0.2) is 0 Å². The molecule has 0 radical (unpaired) electrons. The number of ether oxygens (including phenoxy) is 2. The first-order valence-electron chi connectivity index (χ1n) is 8.07. The molecule has 1 aliphatic heterocycles. The molecule has 1 aromatic rings. The van der Waals surface area contributed by atoms with E-state index < -0.39 is 23.5 Å². The second kappa shape index (κ2) is 8.06. The number of nitrogens with one attached hydrogen (secondary N) is 1. The number of cyclic esters (lactones) is 2. The zero-order chi connectivity index (χ0) is 17.6. The zero-order valence-corrected chi connectivity index (χ0v) is 14.0. The molecule has 24 heavy (non-hydrogen) atoms. The fraction of sp³-hybridized carbons (Fsp3) is 0.500. The Balaban J connectivity index is 1.68. The lowest BCUT2D eigenvalue weighted by Crippen LogP contribution is -2.36. The lowest BCUT2D eigenvalue weighted by atomic mass is 9.92. The van der Waals surface area contributed by atoms with Crippen molar-refractivity contribution in [2.24, 2.45) is 5.92 Å². The Hall–Kier alpha value is -2.21. The van der Waals surface area contributed by atoms with E-state index in [0.29, 0.717) is 6.54 Å². The number of carbonyl (C=O) groups excluding carboxylic acids is 3. The van der Waals surface area contributed by atoms with E-state index in [2.05, 4.69) is 10.1 Å². The van der Waals surface area contributed by atoms with E-state index in [1.165, 1.54) is 5.56 Å². The summed E-state index contributed by atoms with van der Waals surface area (Å²) in [6.07, 6.45) is 1.15. The van der Waals surface area contributed by atoms with Crippen molar-refractivity contribution < 1.29 is 23.9 Å². The summed E-state index contributed by atoms with van der Waals surface area (Å²) in [6.45, 7) is 4.23. The van der Waals surface area contributed by atoms with E-state index in [1.54, 1.807) is 13.8 Å². The Morgan fingerprint density at radius 3 is 2.62 bits per heavy atom. The van der Waals surface area contributed by atoms with Gasteiger partial charge in [0.15, 0.2) is 0 Å². The van der Waals surface area contributed by atoms with Crippen LogP contribution in [0, 0.1) is 5.92 Å². The van der Waals surface area contributed by atoms with Crippen LogP contribution in [0.5, 0.6) is 0 Å². The number of hydrogen-bond donors (Lipinski definition) is 1. The van der Waals surface area contributed by atoms with Gasteiger partial charge in [0.1, 0.15) is 5.60 Å². The molecule has 2 rings (SSSR count). The van der Waals surface area contributed by atoms with Crippen LogP contribution in [-0.2, 0) is 30.3 Å². The molecule has 0 bridgehead atoms. The molecule has 0 aromatic heterocycles. The molecule has 1 fully saturated rings. The van der Waals surface area contributed by atoms with Gasteiger partial charge < -0.3 is 14.8 Å². The Labute approximate surface area is 141 Å². The van der Waals surface area contributed by atoms with Crippen LogP contribution in [0.15, 0.2) is 30.3 Å². The van der Waals surface area contributed by atoms with Gasteiger partial charge in [0.2, 0.25) is 0 Å². The molecule has 6 heteroatoms. The number of benzene rings is 1. The van der Waals surface area contributed by atoms with Gasteiger partial charge in [-0.1, -0.05) is 30.3 Å². The average molecular weight is 333 g/mol. The Morgan fingerprint density at radius 1 is 1.29 bits per heavy atom. The third kappa shape index (κ3) is 5.77. The molecule has 0 spiro atoms. The molecule has 1 aliphatic rings. The van der Waals surface area contributed by atoms with Gasteiger partial charge in [-0.15, -0.1) is 0 Å². The fourth-order valence-corrected chi connectivity index (χ4v) is 2.72. The molecule has 0 aliphatic carbocycles. The number of rotatable bonds is 8. The first-order valence-corrected chi connectivity index (χ1v) is 8.07. The fourth-order valence-electron chi connectivity index (χ4n) is 2.72. The maximum atomic E-state index is 11.9. The Morgan fingerprint density at radius 2 is 2.00 bits per heavy atom. The van der Waals surface area contributed by atoms with Crippen LogP contribution in [0.3, 0.4) is 0 Å². The highest BCUT2D eigenvalue weighted by Gasteiger charge is 2.38. The van der Waals surface area contributed by atoms with E-state index in [0.717, 1.165) is 6.42 Å². The van der Waals surface area contributed by atoms with Gasteiger partial charge in [-0.2, -0.15) is 0 Å². The van der Waals surface area contributed by atoms with Crippen molar-refractivity contribution in [1.82, 2.24) is 5.32 Å². The van der Waals surface area contributed by atoms with E-state index in [-0.39, 0.29) is 25.4 Å². The van der Waals surface area contributed by atoms with E-state index >= 15 is 0 Å². The predicted molar refractivity (Wildman–Crippen MR) is 87.0 cm³/mol. The summed E-state index contributed by atoms with van der Waals surface area (Å²) >= 11 is 0. The summed E-state index contributed by atoms with van der Waals surface area (Å²) in [5.41, 5.74) is 0.370. The molecule has 6 nitrogen and oxygen atoms in total. The van der Waals surface area contributed by atoms with Crippen molar-refractivity contribution in [3.63, 3.8) is 0 Å². The normalized spacial score (nSPS) is 17.7. The zero-order valence-electron chi connectivity index (χ0n) is 14.0. The van der Waals surface area contributed by atoms with Crippen LogP contribution < -0.4 is 5.32 Å². The largest absolute Gasteiger partial charge is 0.459 e. The van der Waals surface area contributed by atoms with Gasteiger partial charge in [0.05, 0.1) is 18.9 Å². The highest BCUT2D eigenvalue weighted by molar-refractivity contribution is 5.94. The Kier molecular flexibility index (Phi) is 6.09. The molecule has 130 valence electrons. The van der Waals surface area contributed by atoms with Gasteiger partial charge in [-0.05, 0) is 32.4 Å². The second-order valence-electron chi connectivity index (χ2n) is 6.54. The molecular formula is C18H23NO5. The molecule has 1 atom stereocenters. The van der Waals surface area contributed by atoms with E-state index in [1.807, 2.05) is 30.3 Å². The van der Waals surface area contributed by atoms with E-state index in [4.69, 9.17) is 4.74 Å². The standard InChI is InChI=1S/C18H23NO5/c1-18(2,11-14-10-15(20)23-17(14)22)24-16(21)12-19-9-8-13-6-4-3-5-7-13/h3-7,14,19H,8-12H2,1-2H3. The number of esters is 3. The summed E-state index contributed by atoms with van der Waals surface area (Å²) in [5, 5.41) is 3.05. The van der Waals surface area contributed by atoms with Crippen LogP contribution in [0.25, 0.3) is 0 Å². The number of carbonyl (C=O) groups is 3. The molecule has 1 aromatic carbocycles. The van der Waals surface area contributed by atoms with Gasteiger partial charge in [0.25, 0.3) is 0 Å². The average Bonchev–Trinajstić information content (AvgIpc) is 2.81. The minimum Gasteiger partial charge on any atom is -0.459 e. The maximum absolute atomic E-state index is 11.9. The Bertz CT molecular complexity index is 597. The van der Waals surface area contributed by atoms with Crippen LogP contribution in [-0.4, -0.2) is 36.6 Å². The monoisotopic (exact) mass is 333 g/mol. The summed E-state index contributed by atoms with van der Waals surface area (Å²) in [7, 11) is 0. The number of hydrogen-bond acceptors (Lipinski definition) is 6. The summed E-state index contributed by atoms with van der Waals surface area (Å²) in [6, 6.07) is 9.98. The summed E-state index contributed by atoms with van der Waals surface area (Å²) < 4.78 is 9.93. The third-order valence-corrected chi connectivity index (χ3v) is 3.79. The highest BCUT2D eigenvalue weighted by atomic mass is 16.6. The third-order valence-electron chi connectivity index (χ3n) is 3.79. The van der Waals surface area contributed by atoms with Gasteiger partial charge in [0, 0.05) is 6.42 Å². The SMILES string of the molecule is CC(C)(CC1CC(=O)OC1=O)OC(=O)CNCCc1ccccc1. The maximum Gasteiger partial charge on any atom is 0.320 e. The van der Waals surface area contributed by atoms with Crippen LogP contribution in [0.2, 0.25) is 0 Å². The summed E-state index contributed by atoms with van der Waals surface area (Å²) in [4.78, 5) is 34.5.